The number of nitrogens with one attached hydrogen (secondary N) is 1. The maximum Gasteiger partial charge on any atom is 0.248 e. The normalized spacial score (nSPS) is 17.9. The van der Waals surface area contributed by atoms with E-state index >= 15 is 0 Å². The van der Waals surface area contributed by atoms with Crippen LogP contribution in [0.25, 0.3) is 0 Å². The Bertz CT molecular complexity index is 1040. The van der Waals surface area contributed by atoms with Crippen molar-refractivity contribution < 1.29 is 17.7 Å². The van der Waals surface area contributed by atoms with Crippen molar-refractivity contribution in [1.29, 1.82) is 5.26 Å². The Morgan fingerprint density at radius 2 is 2.18 bits per heavy atom. The Morgan fingerprint density at radius 3 is 2.79 bits per heavy atom. The second-order valence-corrected chi connectivity index (χ2v) is 8.93. The average Bonchev–Trinajstić information content (AvgIpc) is 3.01. The van der Waals surface area contributed by atoms with E-state index in [9.17, 15) is 13.2 Å². The molecule has 148 valence electrons. The van der Waals surface area contributed by atoms with Crippen molar-refractivity contribution in [2.75, 3.05) is 18.4 Å². The molecule has 1 aromatic heterocycles. The molecule has 0 bridgehead atoms. The van der Waals surface area contributed by atoms with Crippen molar-refractivity contribution in [1.82, 2.24) is 9.46 Å². The van der Waals surface area contributed by atoms with Crippen molar-refractivity contribution in [2.45, 2.75) is 31.6 Å². The lowest BCUT2D eigenvalue weighted by atomic mass is 9.98. The summed E-state index contributed by atoms with van der Waals surface area (Å²) in [7, 11) is -3.80. The zero-order valence-corrected chi connectivity index (χ0v) is 17.0. The van der Waals surface area contributed by atoms with Gasteiger partial charge in [-0.05, 0) is 44.9 Å². The molecule has 1 aliphatic rings. The van der Waals surface area contributed by atoms with Crippen LogP contribution in [0.1, 0.15) is 29.9 Å². The highest BCUT2D eigenvalue weighted by Crippen LogP contribution is 2.28. The van der Waals surface area contributed by atoms with Gasteiger partial charge in [-0.15, -0.1) is 0 Å². The van der Waals surface area contributed by atoms with Crippen LogP contribution in [0, 0.1) is 31.1 Å². The van der Waals surface area contributed by atoms with E-state index in [1.54, 1.807) is 19.9 Å². The standard InChI is InChI=1S/C18H19ClN4O4S/c1-11-17(12(2)27-22-11)28(25,26)23-7-3-4-14(10-23)18(24)21-15-6-5-13(9-20)16(19)8-15/h5-6,8,14H,3-4,7,10H2,1-2H3,(H,21,24). The third-order valence-electron chi connectivity index (χ3n) is 4.68. The number of carbonyl (C=O) groups is 1. The molecule has 10 heteroatoms. The summed E-state index contributed by atoms with van der Waals surface area (Å²) in [6.07, 6.45) is 1.14. The van der Waals surface area contributed by atoms with Crippen LogP contribution in [-0.4, -0.2) is 36.9 Å². The molecule has 0 saturated carbocycles. The quantitative estimate of drug-likeness (QED) is 0.809. The van der Waals surface area contributed by atoms with E-state index in [1.807, 2.05) is 6.07 Å². The lowest BCUT2D eigenvalue weighted by Crippen LogP contribution is -2.43. The van der Waals surface area contributed by atoms with E-state index < -0.39 is 15.9 Å². The molecule has 3 rings (SSSR count). The van der Waals surface area contributed by atoms with Crippen molar-refractivity contribution in [2.24, 2.45) is 5.92 Å². The highest BCUT2D eigenvalue weighted by molar-refractivity contribution is 7.89. The van der Waals surface area contributed by atoms with Crippen molar-refractivity contribution >= 4 is 33.2 Å². The first kappa shape index (κ1) is 20.3. The van der Waals surface area contributed by atoms with Gasteiger partial charge in [0.1, 0.15) is 16.7 Å². The Kier molecular flexibility index (Phi) is 5.74. The van der Waals surface area contributed by atoms with Crippen LogP contribution < -0.4 is 5.32 Å². The van der Waals surface area contributed by atoms with E-state index in [0.717, 1.165) is 0 Å². The van der Waals surface area contributed by atoms with E-state index in [4.69, 9.17) is 21.4 Å². The molecule has 1 unspecified atom stereocenters. The van der Waals surface area contributed by atoms with E-state index in [-0.39, 0.29) is 28.1 Å². The molecule has 1 amide bonds. The molecule has 1 aliphatic heterocycles. The number of hydrogen-bond donors (Lipinski definition) is 1. The number of nitrogens with zero attached hydrogens (tertiary/aromatic N) is 3. The van der Waals surface area contributed by atoms with Crippen molar-refractivity contribution in [3.8, 4) is 6.07 Å². The number of sulfonamides is 1. The first-order valence-electron chi connectivity index (χ1n) is 8.67. The van der Waals surface area contributed by atoms with Gasteiger partial charge in [0, 0.05) is 18.8 Å². The molecule has 1 saturated heterocycles. The second kappa shape index (κ2) is 7.91. The van der Waals surface area contributed by atoms with Crippen LogP contribution in [0.2, 0.25) is 5.02 Å². The predicted octanol–water partition coefficient (Wildman–Crippen LogP) is 2.86. The molecule has 8 nitrogen and oxygen atoms in total. The molecular weight excluding hydrogens is 404 g/mol. The molecule has 0 radical (unpaired) electrons. The lowest BCUT2D eigenvalue weighted by molar-refractivity contribution is -0.120. The Balaban J connectivity index is 1.75. The molecular formula is C18H19ClN4O4S. The number of halogens is 1. The van der Waals surface area contributed by atoms with Gasteiger partial charge in [0.15, 0.2) is 5.76 Å². The molecule has 28 heavy (non-hydrogen) atoms. The number of rotatable bonds is 4. The van der Waals surface area contributed by atoms with Gasteiger partial charge in [-0.3, -0.25) is 4.79 Å². The summed E-state index contributed by atoms with van der Waals surface area (Å²) in [4.78, 5) is 12.7. The van der Waals surface area contributed by atoms with Crippen molar-refractivity contribution in [3.63, 3.8) is 0 Å². The van der Waals surface area contributed by atoms with E-state index in [2.05, 4.69) is 10.5 Å². The summed E-state index contributed by atoms with van der Waals surface area (Å²) >= 11 is 5.99. The first-order chi connectivity index (χ1) is 13.2. The van der Waals surface area contributed by atoms with Crippen LogP contribution in [0.4, 0.5) is 5.69 Å². The minimum Gasteiger partial charge on any atom is -0.360 e. The maximum absolute atomic E-state index is 13.0. The minimum absolute atomic E-state index is 0.0624. The molecule has 0 spiro atoms. The zero-order valence-electron chi connectivity index (χ0n) is 15.4. The fourth-order valence-corrected chi connectivity index (χ4v) is 5.31. The Hall–Kier alpha value is -2.41. The lowest BCUT2D eigenvalue weighted by Gasteiger charge is -2.31. The summed E-state index contributed by atoms with van der Waals surface area (Å²) in [5.74, 6) is -0.561. The summed E-state index contributed by atoms with van der Waals surface area (Å²) in [6.45, 7) is 3.53. The maximum atomic E-state index is 13.0. The van der Waals surface area contributed by atoms with Gasteiger partial charge in [-0.1, -0.05) is 16.8 Å². The number of hydrogen-bond acceptors (Lipinski definition) is 6. The number of carbonyl (C=O) groups excluding carboxylic acids is 1. The molecule has 1 fully saturated rings. The SMILES string of the molecule is Cc1noc(C)c1S(=O)(=O)N1CCCC(C(=O)Nc2ccc(C#N)c(Cl)c2)C1. The minimum atomic E-state index is -3.80. The van der Waals surface area contributed by atoms with Crippen LogP contribution in [0.3, 0.4) is 0 Å². The highest BCUT2D eigenvalue weighted by atomic mass is 35.5. The third-order valence-corrected chi connectivity index (χ3v) is 7.10. The van der Waals surface area contributed by atoms with Gasteiger partial charge in [0.25, 0.3) is 0 Å². The Morgan fingerprint density at radius 1 is 1.43 bits per heavy atom. The highest BCUT2D eigenvalue weighted by Gasteiger charge is 2.36. The number of nitriles is 1. The van der Waals surface area contributed by atoms with Gasteiger partial charge in [-0.25, -0.2) is 8.42 Å². The summed E-state index contributed by atoms with van der Waals surface area (Å²) in [6, 6.07) is 6.56. The number of amides is 1. The molecule has 1 aromatic carbocycles. The molecule has 1 atom stereocenters. The van der Waals surface area contributed by atoms with Crippen LogP contribution >= 0.6 is 11.6 Å². The number of aryl methyl sites for hydroxylation is 2. The summed E-state index contributed by atoms with van der Waals surface area (Å²) in [5, 5.41) is 15.6. The van der Waals surface area contributed by atoms with Crippen molar-refractivity contribution in [3.05, 3.63) is 40.2 Å². The topological polar surface area (TPSA) is 116 Å². The molecule has 2 heterocycles. The molecule has 2 aromatic rings. The van der Waals surface area contributed by atoms with Gasteiger partial charge in [-0.2, -0.15) is 9.57 Å². The number of aromatic nitrogens is 1. The fourth-order valence-electron chi connectivity index (χ4n) is 3.27. The average molecular weight is 423 g/mol. The van der Waals surface area contributed by atoms with Crippen LogP contribution in [0.5, 0.6) is 0 Å². The Labute approximate surface area is 168 Å². The zero-order chi connectivity index (χ0) is 20.5. The van der Waals surface area contributed by atoms with Crippen LogP contribution in [-0.2, 0) is 14.8 Å². The van der Waals surface area contributed by atoms with Gasteiger partial charge in [0.2, 0.25) is 15.9 Å². The van der Waals surface area contributed by atoms with E-state index in [0.29, 0.717) is 36.3 Å². The first-order valence-corrected chi connectivity index (χ1v) is 10.5. The number of piperidine rings is 1. The monoisotopic (exact) mass is 422 g/mol. The van der Waals surface area contributed by atoms with E-state index in [1.165, 1.54) is 16.4 Å². The van der Waals surface area contributed by atoms with Crippen LogP contribution in [0.15, 0.2) is 27.6 Å². The fraction of sp³-hybridized carbons (Fsp3) is 0.389. The number of anilines is 1. The third kappa shape index (κ3) is 3.90. The predicted molar refractivity (Wildman–Crippen MR) is 102 cm³/mol. The number of benzene rings is 1. The molecule has 0 aliphatic carbocycles. The largest absolute Gasteiger partial charge is 0.360 e. The summed E-state index contributed by atoms with van der Waals surface area (Å²) < 4.78 is 32.2. The second-order valence-electron chi connectivity index (χ2n) is 6.65. The van der Waals surface area contributed by atoms with Gasteiger partial charge < -0.3 is 9.84 Å². The summed E-state index contributed by atoms with van der Waals surface area (Å²) in [5.41, 5.74) is 1.07. The smallest absolute Gasteiger partial charge is 0.248 e. The van der Waals surface area contributed by atoms with Gasteiger partial charge >= 0.3 is 0 Å². The van der Waals surface area contributed by atoms with Gasteiger partial charge in [0.05, 0.1) is 16.5 Å². The molecule has 1 N–H and O–H groups in total.